The number of ether oxygens (including phenoxy) is 4. The van der Waals surface area contributed by atoms with Gasteiger partial charge in [-0.1, -0.05) is 170 Å². The summed E-state index contributed by atoms with van der Waals surface area (Å²) in [5.41, 5.74) is 0. The largest absolute Gasteiger partial charge is 0.479 e. The van der Waals surface area contributed by atoms with Crippen LogP contribution < -0.4 is 0 Å². The molecular formula is C53H88O11. The van der Waals surface area contributed by atoms with Gasteiger partial charge in [0.25, 0.3) is 0 Å². The van der Waals surface area contributed by atoms with Crippen LogP contribution in [0.4, 0.5) is 0 Å². The smallest absolute Gasteiger partial charge is 0.335 e. The summed E-state index contributed by atoms with van der Waals surface area (Å²) in [7, 11) is 0. The van der Waals surface area contributed by atoms with Crippen molar-refractivity contribution in [1.29, 1.82) is 0 Å². The molecule has 1 aliphatic heterocycles. The van der Waals surface area contributed by atoms with Crippen molar-refractivity contribution in [1.82, 2.24) is 0 Å². The topological polar surface area (TPSA) is 169 Å². The summed E-state index contributed by atoms with van der Waals surface area (Å²) in [6.07, 6.45) is 45.2. The Morgan fingerprint density at radius 3 is 1.39 bits per heavy atom. The fourth-order valence-corrected chi connectivity index (χ4v) is 7.14. The second-order valence-electron chi connectivity index (χ2n) is 16.9. The predicted octanol–water partition coefficient (Wildman–Crippen LogP) is 11.6. The van der Waals surface area contributed by atoms with Gasteiger partial charge in [0.05, 0.1) is 6.61 Å². The van der Waals surface area contributed by atoms with Gasteiger partial charge in [0.1, 0.15) is 24.9 Å². The molecule has 4 N–H and O–H groups in total. The Bertz CT molecular complexity index is 1340. The molecule has 0 saturated carbocycles. The Hall–Kier alpha value is -3.35. The van der Waals surface area contributed by atoms with Crippen LogP contribution in [0.1, 0.15) is 194 Å². The van der Waals surface area contributed by atoms with Crippen LogP contribution in [-0.4, -0.2) is 88.4 Å². The van der Waals surface area contributed by atoms with E-state index < -0.39 is 61.3 Å². The minimum atomic E-state index is -1.87. The van der Waals surface area contributed by atoms with Crippen LogP contribution in [0.15, 0.2) is 72.9 Å². The van der Waals surface area contributed by atoms with E-state index in [1.807, 2.05) is 0 Å². The lowest BCUT2D eigenvalue weighted by Gasteiger charge is -2.38. The SMILES string of the molecule is CC/C=C\C/C=C\C/C=C\C/C=C\CCCCCCC(=O)OCC(COC1OC(C(=O)O)C(O)C(O)C1O)OC(=O)CCCCCCCCCCC/C=C\C/C=C\CCCCCCC. The second kappa shape index (κ2) is 42.3. The number of carbonyl (C=O) groups is 3. The molecule has 6 unspecified atom stereocenters. The Morgan fingerprint density at radius 2 is 0.922 bits per heavy atom. The number of aliphatic carboxylic acids is 1. The summed E-state index contributed by atoms with van der Waals surface area (Å²) in [6.45, 7) is 3.67. The molecule has 0 bridgehead atoms. The lowest BCUT2D eigenvalue weighted by molar-refractivity contribution is -0.298. The molecule has 11 heteroatoms. The fourth-order valence-electron chi connectivity index (χ4n) is 7.14. The van der Waals surface area contributed by atoms with E-state index in [1.165, 1.54) is 70.6 Å². The first kappa shape index (κ1) is 58.7. The number of carboxylic acid groups (broad SMARTS) is 1. The van der Waals surface area contributed by atoms with Crippen molar-refractivity contribution < 1.29 is 53.8 Å². The maximum Gasteiger partial charge on any atom is 0.335 e. The van der Waals surface area contributed by atoms with Crippen LogP contribution in [-0.2, 0) is 33.3 Å². The minimum absolute atomic E-state index is 0.169. The highest BCUT2D eigenvalue weighted by Gasteiger charge is 2.47. The van der Waals surface area contributed by atoms with E-state index in [0.717, 1.165) is 83.5 Å². The molecule has 1 fully saturated rings. The van der Waals surface area contributed by atoms with Crippen LogP contribution in [0.2, 0.25) is 0 Å². The first-order valence-electron chi connectivity index (χ1n) is 25.0. The Morgan fingerprint density at radius 1 is 0.500 bits per heavy atom. The van der Waals surface area contributed by atoms with Gasteiger partial charge in [-0.05, 0) is 83.5 Å². The van der Waals surface area contributed by atoms with Gasteiger partial charge in [0.2, 0.25) is 0 Å². The first-order valence-corrected chi connectivity index (χ1v) is 25.0. The lowest BCUT2D eigenvalue weighted by Crippen LogP contribution is -2.60. The number of aliphatic hydroxyl groups excluding tert-OH is 3. The zero-order valence-electron chi connectivity index (χ0n) is 39.8. The third-order valence-corrected chi connectivity index (χ3v) is 11.0. The summed E-state index contributed by atoms with van der Waals surface area (Å²) in [5.74, 6) is -2.48. The summed E-state index contributed by atoms with van der Waals surface area (Å²) >= 11 is 0. The molecule has 0 aliphatic carbocycles. The van der Waals surface area contributed by atoms with Crippen LogP contribution >= 0.6 is 0 Å². The molecular weight excluding hydrogens is 813 g/mol. The normalized spacial score (nSPS) is 19.9. The maximum absolute atomic E-state index is 12.8. The van der Waals surface area contributed by atoms with Crippen molar-refractivity contribution in [3.05, 3.63) is 72.9 Å². The monoisotopic (exact) mass is 901 g/mol. The third kappa shape index (κ3) is 33.2. The van der Waals surface area contributed by atoms with Crippen molar-refractivity contribution in [2.24, 2.45) is 0 Å². The quantitative estimate of drug-likeness (QED) is 0.0262. The third-order valence-electron chi connectivity index (χ3n) is 11.0. The molecule has 366 valence electrons. The van der Waals surface area contributed by atoms with Crippen LogP contribution in [0.3, 0.4) is 0 Å². The number of carboxylic acids is 1. The van der Waals surface area contributed by atoms with Crippen LogP contribution in [0.5, 0.6) is 0 Å². The van der Waals surface area contributed by atoms with Crippen molar-refractivity contribution in [2.75, 3.05) is 13.2 Å². The lowest BCUT2D eigenvalue weighted by atomic mass is 9.99. The predicted molar refractivity (Wildman–Crippen MR) is 257 cm³/mol. The van der Waals surface area contributed by atoms with Crippen molar-refractivity contribution in [2.45, 2.75) is 230 Å². The molecule has 1 aliphatic rings. The summed E-state index contributed by atoms with van der Waals surface area (Å²) < 4.78 is 21.8. The summed E-state index contributed by atoms with van der Waals surface area (Å²) in [4.78, 5) is 37.0. The molecule has 0 spiro atoms. The number of allylic oxidation sites excluding steroid dienone is 12. The van der Waals surface area contributed by atoms with Crippen LogP contribution in [0.25, 0.3) is 0 Å². The van der Waals surface area contributed by atoms with Gasteiger partial charge >= 0.3 is 17.9 Å². The molecule has 1 heterocycles. The summed E-state index contributed by atoms with van der Waals surface area (Å²) in [5, 5.41) is 39.9. The molecule has 64 heavy (non-hydrogen) atoms. The number of rotatable bonds is 41. The number of hydrogen-bond acceptors (Lipinski definition) is 10. The number of unbranched alkanes of at least 4 members (excludes halogenated alkanes) is 18. The molecule has 0 aromatic rings. The van der Waals surface area contributed by atoms with Crippen molar-refractivity contribution in [3.63, 3.8) is 0 Å². The number of carbonyl (C=O) groups excluding carboxylic acids is 2. The van der Waals surface area contributed by atoms with Gasteiger partial charge < -0.3 is 39.4 Å². The van der Waals surface area contributed by atoms with Crippen LogP contribution in [0, 0.1) is 0 Å². The standard InChI is InChI=1S/C53H88O11/c1-3-5-7-9-11-13-15-17-19-21-22-23-24-26-28-30-32-34-36-38-40-42-47(55)63-45(44-62-53-50(58)48(56)49(57)51(64-53)52(59)60)43-61-46(54)41-39-37-35-33-31-29-27-25-20-18-16-14-12-10-8-6-4-2/h6,8,12,14-15,17-18,20-22,27,29,45,48-51,53,56-58H,3-5,7,9-11,13,16,19,23-26,28,30-44H2,1-2H3,(H,59,60)/b8-6-,14-12-,17-15-,20-18-,22-21-,29-27-. The molecule has 0 radical (unpaired) electrons. The fraction of sp³-hybridized carbons (Fsp3) is 0.717. The molecule has 11 nitrogen and oxygen atoms in total. The zero-order valence-corrected chi connectivity index (χ0v) is 39.8. The second-order valence-corrected chi connectivity index (χ2v) is 16.9. The van der Waals surface area contributed by atoms with E-state index in [0.29, 0.717) is 12.8 Å². The maximum atomic E-state index is 12.8. The highest BCUT2D eigenvalue weighted by molar-refractivity contribution is 5.73. The van der Waals surface area contributed by atoms with E-state index >= 15 is 0 Å². The van der Waals surface area contributed by atoms with E-state index in [2.05, 4.69) is 86.8 Å². The number of hydrogen-bond donors (Lipinski definition) is 4. The minimum Gasteiger partial charge on any atom is -0.479 e. The molecule has 0 aromatic heterocycles. The Kier molecular flexibility index (Phi) is 38.8. The average Bonchev–Trinajstić information content (AvgIpc) is 3.28. The molecule has 6 atom stereocenters. The molecule has 0 aromatic carbocycles. The van der Waals surface area contributed by atoms with Gasteiger partial charge in [-0.25, -0.2) is 4.79 Å². The highest BCUT2D eigenvalue weighted by Crippen LogP contribution is 2.23. The molecule has 1 saturated heterocycles. The average molecular weight is 901 g/mol. The number of esters is 2. The van der Waals surface area contributed by atoms with Gasteiger partial charge in [-0.2, -0.15) is 0 Å². The van der Waals surface area contributed by atoms with Crippen molar-refractivity contribution in [3.8, 4) is 0 Å². The molecule has 1 rings (SSSR count). The zero-order chi connectivity index (χ0) is 46.7. The van der Waals surface area contributed by atoms with E-state index in [9.17, 15) is 34.8 Å². The van der Waals surface area contributed by atoms with Gasteiger partial charge in [0, 0.05) is 12.8 Å². The van der Waals surface area contributed by atoms with Gasteiger partial charge in [-0.3, -0.25) is 9.59 Å². The van der Waals surface area contributed by atoms with E-state index in [-0.39, 0.29) is 19.4 Å². The molecule has 0 amide bonds. The summed E-state index contributed by atoms with van der Waals surface area (Å²) in [6, 6.07) is 0. The van der Waals surface area contributed by atoms with E-state index in [1.54, 1.807) is 0 Å². The first-order chi connectivity index (χ1) is 31.2. The van der Waals surface area contributed by atoms with Gasteiger partial charge in [0.15, 0.2) is 18.5 Å². The Labute approximate surface area is 387 Å². The Balaban J connectivity index is 2.34. The highest BCUT2D eigenvalue weighted by atomic mass is 16.7. The van der Waals surface area contributed by atoms with Gasteiger partial charge in [-0.15, -0.1) is 0 Å². The van der Waals surface area contributed by atoms with Crippen molar-refractivity contribution >= 4 is 17.9 Å². The van der Waals surface area contributed by atoms with E-state index in [4.69, 9.17) is 18.9 Å². The number of aliphatic hydroxyl groups is 3.